The summed E-state index contributed by atoms with van der Waals surface area (Å²) in [6, 6.07) is 0. The highest BCUT2D eigenvalue weighted by molar-refractivity contribution is 5.67. The minimum atomic E-state index is -2.59. The average molecular weight is 390 g/mol. The maximum absolute atomic E-state index is 13.7. The molecule has 2 aromatic carbocycles. The third-order valence-corrected chi connectivity index (χ3v) is 2.94. The number of rotatable bonds is 1. The highest BCUT2D eigenvalue weighted by atomic mass is 19.2. The Morgan fingerprint density at radius 1 is 0.346 bits per heavy atom. The molecule has 0 aliphatic heterocycles. The van der Waals surface area contributed by atoms with Crippen molar-refractivity contribution in [2.75, 3.05) is 0 Å². The highest BCUT2D eigenvalue weighted by Crippen LogP contribution is 2.37. The van der Waals surface area contributed by atoms with Gasteiger partial charge in [-0.2, -0.15) is 0 Å². The molecule has 26 heavy (non-hydrogen) atoms. The van der Waals surface area contributed by atoms with Crippen LogP contribution < -0.4 is 0 Å². The van der Waals surface area contributed by atoms with Crippen LogP contribution in [-0.2, 0) is 0 Å². The first-order chi connectivity index (χ1) is 12.1. The second kappa shape index (κ2) is 9.49. The fraction of sp³-hybridized carbons (Fsp3) is 0.294. The van der Waals surface area contributed by atoms with Gasteiger partial charge in [0.15, 0.2) is 46.5 Å². The zero-order valence-electron chi connectivity index (χ0n) is 14.4. The molecule has 9 heteroatoms. The van der Waals surface area contributed by atoms with Crippen LogP contribution in [-0.4, -0.2) is 0 Å². The molecule has 2 aromatic rings. The monoisotopic (exact) mass is 390 g/mol. The van der Waals surface area contributed by atoms with Crippen molar-refractivity contribution in [1.29, 1.82) is 0 Å². The van der Waals surface area contributed by atoms with Crippen LogP contribution in [0.25, 0.3) is 11.1 Å². The molecule has 0 spiro atoms. The van der Waals surface area contributed by atoms with Crippen molar-refractivity contribution in [3.05, 3.63) is 57.9 Å². The molecule has 0 saturated carbocycles. The minimum Gasteiger partial charge on any atom is -0.203 e. The Kier molecular flexibility index (Phi) is 8.69. The van der Waals surface area contributed by atoms with Gasteiger partial charge in [-0.3, -0.25) is 0 Å². The minimum absolute atomic E-state index is 0.624. The van der Waals surface area contributed by atoms with Crippen molar-refractivity contribution in [3.8, 4) is 11.1 Å². The van der Waals surface area contributed by atoms with Crippen LogP contribution in [0.15, 0.2) is 0 Å². The van der Waals surface area contributed by atoms with Crippen LogP contribution in [0.3, 0.4) is 0 Å². The Balaban J connectivity index is 0.00000146. The molecule has 0 amide bonds. The van der Waals surface area contributed by atoms with Gasteiger partial charge in [0.1, 0.15) is 0 Å². The van der Waals surface area contributed by atoms with Gasteiger partial charge in [0.2, 0.25) is 5.82 Å². The van der Waals surface area contributed by atoms with Crippen molar-refractivity contribution in [2.45, 2.75) is 34.6 Å². The quantitative estimate of drug-likeness (QED) is 0.280. The van der Waals surface area contributed by atoms with E-state index in [0.717, 1.165) is 0 Å². The standard InChI is InChI=1S/C13H3F9.2C2H6/c1-2-5(14)7(16)3(8(17)6(2)15)4-9(18)11(20)13(22)12(21)10(4)19;2*1-2/h1H3;2*1-2H3. The molecule has 0 radical (unpaired) electrons. The molecule has 0 aliphatic carbocycles. The molecule has 0 saturated heterocycles. The van der Waals surface area contributed by atoms with Crippen molar-refractivity contribution in [2.24, 2.45) is 0 Å². The summed E-state index contributed by atoms with van der Waals surface area (Å²) < 4.78 is 120. The summed E-state index contributed by atoms with van der Waals surface area (Å²) in [5, 5.41) is 0. The van der Waals surface area contributed by atoms with E-state index in [2.05, 4.69) is 0 Å². The number of hydrogen-bond donors (Lipinski definition) is 0. The average Bonchev–Trinajstić information content (AvgIpc) is 2.67. The van der Waals surface area contributed by atoms with E-state index in [-0.39, 0.29) is 0 Å². The Hall–Kier alpha value is -2.19. The number of halogens is 9. The third-order valence-electron chi connectivity index (χ3n) is 2.94. The van der Waals surface area contributed by atoms with Gasteiger partial charge < -0.3 is 0 Å². The number of benzene rings is 2. The lowest BCUT2D eigenvalue weighted by molar-refractivity contribution is 0.379. The Bertz CT molecular complexity index is 672. The Labute approximate surface area is 144 Å². The fourth-order valence-corrected chi connectivity index (χ4v) is 1.79. The normalized spacial score (nSPS) is 9.92. The summed E-state index contributed by atoms with van der Waals surface area (Å²) in [6.45, 7) is 8.62. The smallest absolute Gasteiger partial charge is 0.200 e. The maximum atomic E-state index is 13.7. The van der Waals surface area contributed by atoms with E-state index >= 15 is 0 Å². The lowest BCUT2D eigenvalue weighted by Crippen LogP contribution is -2.09. The molecular weight excluding hydrogens is 375 g/mol. The molecule has 0 aliphatic rings. The molecule has 146 valence electrons. The van der Waals surface area contributed by atoms with Crippen LogP contribution in [0, 0.1) is 59.3 Å². The summed E-state index contributed by atoms with van der Waals surface area (Å²) in [7, 11) is 0. The summed E-state index contributed by atoms with van der Waals surface area (Å²) in [5.41, 5.74) is -5.26. The zero-order valence-corrected chi connectivity index (χ0v) is 14.4. The molecule has 0 N–H and O–H groups in total. The highest BCUT2D eigenvalue weighted by Gasteiger charge is 2.33. The van der Waals surface area contributed by atoms with Crippen molar-refractivity contribution in [1.82, 2.24) is 0 Å². The van der Waals surface area contributed by atoms with Crippen molar-refractivity contribution >= 4 is 0 Å². The van der Waals surface area contributed by atoms with Crippen LogP contribution in [0.5, 0.6) is 0 Å². The molecule has 0 aromatic heterocycles. The van der Waals surface area contributed by atoms with Gasteiger partial charge >= 0.3 is 0 Å². The molecule has 0 fully saturated rings. The van der Waals surface area contributed by atoms with Crippen LogP contribution in [0.4, 0.5) is 39.5 Å². The molecule has 0 nitrogen and oxygen atoms in total. The SMILES string of the molecule is CC.CC.Cc1c(F)c(F)c(-c2c(F)c(F)c(F)c(F)c2F)c(F)c1F. The lowest BCUT2D eigenvalue weighted by Gasteiger charge is -2.12. The van der Waals surface area contributed by atoms with Crippen LogP contribution in [0.2, 0.25) is 0 Å². The van der Waals surface area contributed by atoms with Gasteiger partial charge in [-0.25, -0.2) is 39.5 Å². The molecule has 0 heterocycles. The summed E-state index contributed by atoms with van der Waals surface area (Å²) in [4.78, 5) is 0. The number of hydrogen-bond acceptors (Lipinski definition) is 0. The zero-order chi connectivity index (χ0) is 20.9. The molecule has 0 atom stereocenters. The third kappa shape index (κ3) is 3.81. The van der Waals surface area contributed by atoms with E-state index in [9.17, 15) is 39.5 Å². The van der Waals surface area contributed by atoms with E-state index in [1.165, 1.54) is 0 Å². The summed E-state index contributed by atoms with van der Waals surface area (Å²) >= 11 is 0. The summed E-state index contributed by atoms with van der Waals surface area (Å²) in [5.74, 6) is -21.4. The first-order valence-electron chi connectivity index (χ1n) is 7.45. The van der Waals surface area contributed by atoms with E-state index in [1.807, 2.05) is 27.7 Å². The predicted molar refractivity (Wildman–Crippen MR) is 78.9 cm³/mol. The Morgan fingerprint density at radius 3 is 0.808 bits per heavy atom. The van der Waals surface area contributed by atoms with Gasteiger partial charge in [-0.05, 0) is 6.92 Å². The van der Waals surface area contributed by atoms with E-state index < -0.39 is 69.0 Å². The van der Waals surface area contributed by atoms with E-state index in [0.29, 0.717) is 6.92 Å². The largest absolute Gasteiger partial charge is 0.203 e. The first-order valence-corrected chi connectivity index (χ1v) is 7.45. The van der Waals surface area contributed by atoms with E-state index in [4.69, 9.17) is 0 Å². The van der Waals surface area contributed by atoms with E-state index in [1.54, 1.807) is 0 Å². The van der Waals surface area contributed by atoms with Gasteiger partial charge in [-0.1, -0.05) is 27.7 Å². The van der Waals surface area contributed by atoms with Gasteiger partial charge in [0, 0.05) is 5.56 Å². The van der Waals surface area contributed by atoms with Gasteiger partial charge in [0.05, 0.1) is 11.1 Å². The molecule has 0 bridgehead atoms. The second-order valence-corrected chi connectivity index (χ2v) is 4.20. The second-order valence-electron chi connectivity index (χ2n) is 4.20. The van der Waals surface area contributed by atoms with Crippen LogP contribution >= 0.6 is 0 Å². The molecule has 0 unspecified atom stereocenters. The molecular formula is C17H15F9. The molecule has 2 rings (SSSR count). The topological polar surface area (TPSA) is 0 Å². The fourth-order valence-electron chi connectivity index (χ4n) is 1.79. The van der Waals surface area contributed by atoms with Crippen molar-refractivity contribution < 1.29 is 39.5 Å². The Morgan fingerprint density at radius 2 is 0.538 bits per heavy atom. The van der Waals surface area contributed by atoms with Gasteiger partial charge in [0.25, 0.3) is 0 Å². The van der Waals surface area contributed by atoms with Crippen molar-refractivity contribution in [3.63, 3.8) is 0 Å². The summed E-state index contributed by atoms with van der Waals surface area (Å²) in [6.07, 6.45) is 0. The van der Waals surface area contributed by atoms with Crippen LogP contribution in [0.1, 0.15) is 33.3 Å². The maximum Gasteiger partial charge on any atom is 0.200 e. The first kappa shape index (κ1) is 23.8. The van der Waals surface area contributed by atoms with Gasteiger partial charge in [-0.15, -0.1) is 0 Å². The predicted octanol–water partition coefficient (Wildman–Crippen LogP) is 6.97. The lowest BCUT2D eigenvalue weighted by atomic mass is 9.99.